The van der Waals surface area contributed by atoms with Crippen LogP contribution in [-0.4, -0.2) is 59.8 Å². The van der Waals surface area contributed by atoms with Gasteiger partial charge in [-0.1, -0.05) is 12.1 Å². The SMILES string of the molecule is CN(C)CCNC(=O)c1cc(O)c2c(c1)C(=O)c1cccc(O)c1C2=O. The third kappa shape index (κ3) is 2.93. The molecule has 0 aromatic heterocycles. The second-order valence-electron chi connectivity index (χ2n) is 6.34. The molecule has 0 bridgehead atoms. The lowest BCUT2D eigenvalue weighted by Gasteiger charge is -2.20. The minimum atomic E-state index is -0.648. The minimum Gasteiger partial charge on any atom is -0.507 e. The summed E-state index contributed by atoms with van der Waals surface area (Å²) in [6.45, 7) is 1.03. The number of fused-ring (bicyclic) bond motifs is 2. The van der Waals surface area contributed by atoms with Gasteiger partial charge < -0.3 is 20.4 Å². The average molecular weight is 354 g/mol. The zero-order valence-electron chi connectivity index (χ0n) is 14.4. The molecule has 2 aromatic carbocycles. The predicted octanol–water partition coefficient (Wildman–Crippen LogP) is 1.16. The van der Waals surface area contributed by atoms with E-state index >= 15 is 0 Å². The summed E-state index contributed by atoms with van der Waals surface area (Å²) < 4.78 is 0. The Kier molecular flexibility index (Phi) is 4.48. The minimum absolute atomic E-state index is 0.0482. The molecule has 0 atom stereocenters. The van der Waals surface area contributed by atoms with Gasteiger partial charge in [0.1, 0.15) is 11.5 Å². The first kappa shape index (κ1) is 17.6. The largest absolute Gasteiger partial charge is 0.507 e. The number of aromatic hydroxyl groups is 2. The topological polar surface area (TPSA) is 107 Å². The zero-order chi connectivity index (χ0) is 19.0. The second-order valence-corrected chi connectivity index (χ2v) is 6.34. The maximum absolute atomic E-state index is 12.7. The number of carbonyl (C=O) groups is 3. The highest BCUT2D eigenvalue weighted by molar-refractivity contribution is 6.30. The first-order valence-electron chi connectivity index (χ1n) is 8.02. The van der Waals surface area contributed by atoms with E-state index in [2.05, 4.69) is 5.32 Å². The lowest BCUT2D eigenvalue weighted by Crippen LogP contribution is -2.31. The van der Waals surface area contributed by atoms with E-state index in [0.717, 1.165) is 6.07 Å². The molecule has 0 aliphatic heterocycles. The quantitative estimate of drug-likeness (QED) is 0.649. The van der Waals surface area contributed by atoms with Gasteiger partial charge in [0.05, 0.1) is 11.1 Å². The van der Waals surface area contributed by atoms with Crippen molar-refractivity contribution in [2.75, 3.05) is 27.2 Å². The summed E-state index contributed by atoms with van der Waals surface area (Å²) in [6.07, 6.45) is 0. The predicted molar refractivity (Wildman–Crippen MR) is 94.0 cm³/mol. The Morgan fingerprint density at radius 3 is 2.38 bits per heavy atom. The van der Waals surface area contributed by atoms with Crippen molar-refractivity contribution in [2.24, 2.45) is 0 Å². The van der Waals surface area contributed by atoms with E-state index in [1.807, 2.05) is 19.0 Å². The molecule has 0 saturated heterocycles. The number of phenols is 2. The maximum atomic E-state index is 12.7. The Hall–Kier alpha value is -3.19. The fourth-order valence-electron chi connectivity index (χ4n) is 2.91. The molecule has 134 valence electrons. The first-order valence-corrected chi connectivity index (χ1v) is 8.02. The van der Waals surface area contributed by atoms with Gasteiger partial charge in [-0.2, -0.15) is 0 Å². The fourth-order valence-corrected chi connectivity index (χ4v) is 2.91. The molecule has 1 aliphatic rings. The molecule has 0 saturated carbocycles. The Balaban J connectivity index is 2.01. The van der Waals surface area contributed by atoms with E-state index < -0.39 is 23.2 Å². The van der Waals surface area contributed by atoms with Crippen molar-refractivity contribution < 1.29 is 24.6 Å². The summed E-state index contributed by atoms with van der Waals surface area (Å²) in [6, 6.07) is 6.65. The smallest absolute Gasteiger partial charge is 0.251 e. The molecule has 0 unspecified atom stereocenters. The van der Waals surface area contributed by atoms with Gasteiger partial charge in [-0.15, -0.1) is 0 Å². The van der Waals surface area contributed by atoms with E-state index in [1.165, 1.54) is 24.3 Å². The third-order valence-electron chi connectivity index (χ3n) is 4.21. The highest BCUT2D eigenvalue weighted by Crippen LogP contribution is 2.37. The van der Waals surface area contributed by atoms with Gasteiger partial charge in [-0.3, -0.25) is 14.4 Å². The summed E-state index contributed by atoms with van der Waals surface area (Å²) in [7, 11) is 3.74. The van der Waals surface area contributed by atoms with Crippen LogP contribution in [0.5, 0.6) is 11.5 Å². The van der Waals surface area contributed by atoms with Crippen LogP contribution in [-0.2, 0) is 0 Å². The van der Waals surface area contributed by atoms with Crippen molar-refractivity contribution in [3.05, 3.63) is 58.1 Å². The molecule has 26 heavy (non-hydrogen) atoms. The lowest BCUT2D eigenvalue weighted by atomic mass is 9.82. The molecule has 7 nitrogen and oxygen atoms in total. The highest BCUT2D eigenvalue weighted by atomic mass is 16.3. The Labute approximate surface area is 149 Å². The number of ketones is 2. The van der Waals surface area contributed by atoms with Gasteiger partial charge in [-0.05, 0) is 32.3 Å². The van der Waals surface area contributed by atoms with Gasteiger partial charge in [0.2, 0.25) is 5.78 Å². The first-order chi connectivity index (χ1) is 12.3. The molecule has 0 heterocycles. The second kappa shape index (κ2) is 6.61. The van der Waals surface area contributed by atoms with Crippen LogP contribution in [0.2, 0.25) is 0 Å². The monoisotopic (exact) mass is 354 g/mol. The standard InChI is InChI=1S/C19H18N2O5/c1-21(2)7-6-20-19(26)10-8-12-16(14(23)9-10)18(25)15-11(17(12)24)4-3-5-13(15)22/h3-5,8-9,22-23H,6-7H2,1-2H3,(H,20,26). The Bertz CT molecular complexity index is 934. The van der Waals surface area contributed by atoms with Crippen molar-refractivity contribution in [3.63, 3.8) is 0 Å². The van der Waals surface area contributed by atoms with Gasteiger partial charge in [0.15, 0.2) is 5.78 Å². The van der Waals surface area contributed by atoms with Gasteiger partial charge in [0.25, 0.3) is 5.91 Å². The van der Waals surface area contributed by atoms with Crippen molar-refractivity contribution in [1.82, 2.24) is 10.2 Å². The highest BCUT2D eigenvalue weighted by Gasteiger charge is 2.34. The van der Waals surface area contributed by atoms with Crippen LogP contribution in [0.4, 0.5) is 0 Å². The number of nitrogens with one attached hydrogen (secondary N) is 1. The van der Waals surface area contributed by atoms with Crippen molar-refractivity contribution in [2.45, 2.75) is 0 Å². The van der Waals surface area contributed by atoms with Gasteiger partial charge in [-0.25, -0.2) is 0 Å². The van der Waals surface area contributed by atoms with Crippen LogP contribution in [0.15, 0.2) is 30.3 Å². The zero-order valence-corrected chi connectivity index (χ0v) is 14.4. The molecule has 0 spiro atoms. The summed E-state index contributed by atoms with van der Waals surface area (Å²) in [5.41, 5.74) is -0.250. The number of hydrogen-bond acceptors (Lipinski definition) is 6. The van der Waals surface area contributed by atoms with Crippen LogP contribution in [0, 0.1) is 0 Å². The average Bonchev–Trinajstić information content (AvgIpc) is 2.58. The van der Waals surface area contributed by atoms with Crippen LogP contribution >= 0.6 is 0 Å². The summed E-state index contributed by atoms with van der Waals surface area (Å²) in [5, 5.41) is 22.9. The molecule has 0 fully saturated rings. The van der Waals surface area contributed by atoms with E-state index in [9.17, 15) is 24.6 Å². The molecular formula is C19H18N2O5. The molecule has 3 rings (SSSR count). The van der Waals surface area contributed by atoms with E-state index in [-0.39, 0.29) is 33.6 Å². The molecular weight excluding hydrogens is 336 g/mol. The van der Waals surface area contributed by atoms with Crippen LogP contribution in [0.3, 0.4) is 0 Å². The number of benzene rings is 2. The molecule has 1 aliphatic carbocycles. The lowest BCUT2D eigenvalue weighted by molar-refractivity contribution is 0.0947. The molecule has 1 amide bonds. The van der Waals surface area contributed by atoms with Crippen molar-refractivity contribution in [3.8, 4) is 11.5 Å². The molecule has 7 heteroatoms. The number of hydrogen-bond donors (Lipinski definition) is 3. The van der Waals surface area contributed by atoms with E-state index in [0.29, 0.717) is 13.1 Å². The van der Waals surface area contributed by atoms with Crippen LogP contribution < -0.4 is 5.32 Å². The molecule has 2 aromatic rings. The number of likely N-dealkylation sites (N-methyl/N-ethyl adjacent to an activating group) is 1. The molecule has 3 N–H and O–H groups in total. The van der Waals surface area contributed by atoms with Crippen molar-refractivity contribution in [1.29, 1.82) is 0 Å². The Morgan fingerprint density at radius 2 is 1.69 bits per heavy atom. The summed E-state index contributed by atoms with van der Waals surface area (Å²) in [5.74, 6) is -2.41. The molecule has 0 radical (unpaired) electrons. The Morgan fingerprint density at radius 1 is 1.00 bits per heavy atom. The summed E-state index contributed by atoms with van der Waals surface area (Å²) >= 11 is 0. The van der Waals surface area contributed by atoms with Gasteiger partial charge in [0, 0.05) is 29.8 Å². The number of phenolic OH excluding ortho intramolecular Hbond substituents is 2. The third-order valence-corrected chi connectivity index (χ3v) is 4.21. The van der Waals surface area contributed by atoms with Gasteiger partial charge >= 0.3 is 0 Å². The number of nitrogens with zero attached hydrogens (tertiary/aromatic N) is 1. The number of carbonyl (C=O) groups excluding carboxylic acids is 3. The summed E-state index contributed by atoms with van der Waals surface area (Å²) in [4.78, 5) is 39.5. The van der Waals surface area contributed by atoms with Crippen LogP contribution in [0.1, 0.15) is 42.2 Å². The normalized spacial score (nSPS) is 12.7. The fraction of sp³-hybridized carbons (Fsp3) is 0.211. The van der Waals surface area contributed by atoms with Crippen molar-refractivity contribution >= 4 is 17.5 Å². The van der Waals surface area contributed by atoms with E-state index in [1.54, 1.807) is 0 Å². The number of amides is 1. The van der Waals surface area contributed by atoms with E-state index in [4.69, 9.17) is 0 Å². The maximum Gasteiger partial charge on any atom is 0.251 e. The van der Waals surface area contributed by atoms with Crippen LogP contribution in [0.25, 0.3) is 0 Å². The number of rotatable bonds is 4.